The lowest BCUT2D eigenvalue weighted by Gasteiger charge is -2.10. The molecule has 0 fully saturated rings. The Labute approximate surface area is 105 Å². The van der Waals surface area contributed by atoms with Crippen molar-refractivity contribution in [1.29, 1.82) is 5.26 Å². The van der Waals surface area contributed by atoms with Crippen LogP contribution < -0.4 is 5.73 Å². The van der Waals surface area contributed by atoms with Crippen molar-refractivity contribution in [3.05, 3.63) is 22.4 Å². The molecule has 17 heavy (non-hydrogen) atoms. The predicted octanol–water partition coefficient (Wildman–Crippen LogP) is 1.85. The van der Waals surface area contributed by atoms with E-state index in [0.29, 0.717) is 22.8 Å². The SMILES string of the molecule is Cc1nc(SCCC(N)=O)c(C#N)c(C)c1C. The van der Waals surface area contributed by atoms with Gasteiger partial charge in [0.2, 0.25) is 5.91 Å². The summed E-state index contributed by atoms with van der Waals surface area (Å²) in [6.45, 7) is 5.79. The van der Waals surface area contributed by atoms with E-state index in [2.05, 4.69) is 11.1 Å². The topological polar surface area (TPSA) is 79.8 Å². The number of pyridine rings is 1. The number of hydrogen-bond donors (Lipinski definition) is 1. The molecule has 90 valence electrons. The van der Waals surface area contributed by atoms with Crippen LogP contribution in [0, 0.1) is 32.1 Å². The van der Waals surface area contributed by atoms with Crippen molar-refractivity contribution < 1.29 is 4.79 Å². The molecule has 0 spiro atoms. The second-order valence-corrected chi connectivity index (χ2v) is 4.89. The highest BCUT2D eigenvalue weighted by atomic mass is 32.2. The third kappa shape index (κ3) is 3.21. The Morgan fingerprint density at radius 2 is 2.06 bits per heavy atom. The fraction of sp³-hybridized carbons (Fsp3) is 0.417. The van der Waals surface area contributed by atoms with Crippen LogP contribution in [0.4, 0.5) is 0 Å². The number of carbonyl (C=O) groups excluding carboxylic acids is 1. The molecule has 0 aliphatic rings. The highest BCUT2D eigenvalue weighted by Gasteiger charge is 2.12. The van der Waals surface area contributed by atoms with Crippen LogP contribution >= 0.6 is 11.8 Å². The molecule has 1 amide bonds. The summed E-state index contributed by atoms with van der Waals surface area (Å²) in [4.78, 5) is 15.0. The number of primary amides is 1. The Morgan fingerprint density at radius 1 is 1.41 bits per heavy atom. The van der Waals surface area contributed by atoms with Gasteiger partial charge in [-0.3, -0.25) is 4.79 Å². The first kappa shape index (κ1) is 13.5. The normalized spacial score (nSPS) is 10.0. The number of hydrogen-bond acceptors (Lipinski definition) is 4. The van der Waals surface area contributed by atoms with Gasteiger partial charge in [0.25, 0.3) is 0 Å². The number of amides is 1. The minimum Gasteiger partial charge on any atom is -0.370 e. The molecule has 0 unspecified atom stereocenters. The van der Waals surface area contributed by atoms with Crippen molar-refractivity contribution in [1.82, 2.24) is 4.98 Å². The minimum absolute atomic E-state index is 0.295. The molecule has 5 heteroatoms. The number of aryl methyl sites for hydroxylation is 1. The summed E-state index contributed by atoms with van der Waals surface area (Å²) in [6, 6.07) is 2.17. The van der Waals surface area contributed by atoms with Crippen LogP contribution in [0.25, 0.3) is 0 Å². The maximum Gasteiger partial charge on any atom is 0.218 e. The van der Waals surface area contributed by atoms with Gasteiger partial charge in [-0.25, -0.2) is 4.98 Å². The zero-order valence-corrected chi connectivity index (χ0v) is 11.0. The van der Waals surface area contributed by atoms with Gasteiger partial charge in [-0.1, -0.05) is 0 Å². The third-order valence-corrected chi connectivity index (χ3v) is 3.64. The Balaban J connectivity index is 3.00. The van der Waals surface area contributed by atoms with E-state index < -0.39 is 0 Å². The van der Waals surface area contributed by atoms with Gasteiger partial charge >= 0.3 is 0 Å². The van der Waals surface area contributed by atoms with E-state index in [0.717, 1.165) is 16.8 Å². The molecule has 2 N–H and O–H groups in total. The summed E-state index contributed by atoms with van der Waals surface area (Å²) in [5.41, 5.74) is 8.59. The second kappa shape index (κ2) is 5.69. The Hall–Kier alpha value is -1.54. The van der Waals surface area contributed by atoms with E-state index >= 15 is 0 Å². The maximum atomic E-state index is 10.7. The van der Waals surface area contributed by atoms with E-state index in [9.17, 15) is 4.79 Å². The first-order valence-electron chi connectivity index (χ1n) is 5.26. The second-order valence-electron chi connectivity index (χ2n) is 3.80. The molecule has 0 saturated heterocycles. The van der Waals surface area contributed by atoms with E-state index in [4.69, 9.17) is 11.0 Å². The van der Waals surface area contributed by atoms with Gasteiger partial charge in [-0.15, -0.1) is 11.8 Å². The number of nitrogens with zero attached hydrogens (tertiary/aromatic N) is 2. The largest absolute Gasteiger partial charge is 0.370 e. The van der Waals surface area contributed by atoms with Crippen molar-refractivity contribution >= 4 is 17.7 Å². The van der Waals surface area contributed by atoms with Gasteiger partial charge in [-0.05, 0) is 31.9 Å². The molecule has 0 atom stereocenters. The summed E-state index contributed by atoms with van der Waals surface area (Å²) < 4.78 is 0. The van der Waals surface area contributed by atoms with Crippen LogP contribution in [-0.4, -0.2) is 16.6 Å². The summed E-state index contributed by atoms with van der Waals surface area (Å²) >= 11 is 1.40. The fourth-order valence-electron chi connectivity index (χ4n) is 1.40. The van der Waals surface area contributed by atoms with Crippen molar-refractivity contribution in [2.24, 2.45) is 5.73 Å². The van der Waals surface area contributed by atoms with Crippen molar-refractivity contribution in [2.75, 3.05) is 5.75 Å². The van der Waals surface area contributed by atoms with Crippen LogP contribution in [0.5, 0.6) is 0 Å². The molecule has 0 saturated carbocycles. The lowest BCUT2D eigenvalue weighted by molar-refractivity contribution is -0.117. The van der Waals surface area contributed by atoms with Crippen LogP contribution in [0.1, 0.15) is 28.8 Å². The van der Waals surface area contributed by atoms with Gasteiger partial charge in [-0.2, -0.15) is 5.26 Å². The molecule has 1 aromatic heterocycles. The van der Waals surface area contributed by atoms with Gasteiger partial charge in [0.15, 0.2) is 0 Å². The van der Waals surface area contributed by atoms with Crippen molar-refractivity contribution in [3.63, 3.8) is 0 Å². The highest BCUT2D eigenvalue weighted by molar-refractivity contribution is 7.99. The van der Waals surface area contributed by atoms with Crippen LogP contribution in [0.15, 0.2) is 5.03 Å². The summed E-state index contributed by atoms with van der Waals surface area (Å²) in [6.07, 6.45) is 0.295. The summed E-state index contributed by atoms with van der Waals surface area (Å²) in [7, 11) is 0. The van der Waals surface area contributed by atoms with E-state index in [1.165, 1.54) is 11.8 Å². The van der Waals surface area contributed by atoms with Crippen molar-refractivity contribution in [2.45, 2.75) is 32.2 Å². The molecule has 0 radical (unpaired) electrons. The minimum atomic E-state index is -0.337. The van der Waals surface area contributed by atoms with Gasteiger partial charge in [0, 0.05) is 17.9 Å². The average Bonchev–Trinajstić information content (AvgIpc) is 2.26. The number of aromatic nitrogens is 1. The zero-order valence-electron chi connectivity index (χ0n) is 10.2. The highest BCUT2D eigenvalue weighted by Crippen LogP contribution is 2.26. The molecule has 1 aromatic rings. The van der Waals surface area contributed by atoms with Crippen LogP contribution in [0.2, 0.25) is 0 Å². The number of carbonyl (C=O) groups is 1. The predicted molar refractivity (Wildman–Crippen MR) is 67.7 cm³/mol. The van der Waals surface area contributed by atoms with Gasteiger partial charge in [0.05, 0.1) is 5.56 Å². The number of rotatable bonds is 4. The molecular weight excluding hydrogens is 234 g/mol. The Kier molecular flexibility index (Phi) is 4.53. The summed E-state index contributed by atoms with van der Waals surface area (Å²) in [5.74, 6) is 0.218. The fourth-order valence-corrected chi connectivity index (χ4v) is 2.44. The Morgan fingerprint density at radius 3 is 2.59 bits per heavy atom. The van der Waals surface area contributed by atoms with E-state index in [-0.39, 0.29) is 5.91 Å². The number of nitrogens with two attached hydrogens (primary N) is 1. The molecule has 0 aliphatic heterocycles. The van der Waals surface area contributed by atoms with Crippen LogP contribution in [-0.2, 0) is 4.79 Å². The van der Waals surface area contributed by atoms with E-state index in [1.54, 1.807) is 0 Å². The number of nitriles is 1. The monoisotopic (exact) mass is 249 g/mol. The van der Waals surface area contributed by atoms with Crippen LogP contribution in [0.3, 0.4) is 0 Å². The smallest absolute Gasteiger partial charge is 0.218 e. The first-order chi connectivity index (χ1) is 7.97. The summed E-state index contributed by atoms with van der Waals surface area (Å²) in [5, 5.41) is 9.82. The van der Waals surface area contributed by atoms with Gasteiger partial charge in [0.1, 0.15) is 11.1 Å². The lowest BCUT2D eigenvalue weighted by atomic mass is 10.1. The van der Waals surface area contributed by atoms with Crippen molar-refractivity contribution in [3.8, 4) is 6.07 Å². The molecule has 0 aliphatic carbocycles. The molecule has 0 bridgehead atoms. The Bertz CT molecular complexity index is 492. The molecule has 1 rings (SSSR count). The molecule has 4 nitrogen and oxygen atoms in total. The molecular formula is C12H15N3OS. The quantitative estimate of drug-likeness (QED) is 0.826. The maximum absolute atomic E-state index is 10.7. The zero-order chi connectivity index (χ0) is 13.0. The third-order valence-electron chi connectivity index (χ3n) is 2.66. The number of thioether (sulfide) groups is 1. The lowest BCUT2D eigenvalue weighted by Crippen LogP contribution is -2.11. The average molecular weight is 249 g/mol. The molecule has 1 heterocycles. The van der Waals surface area contributed by atoms with E-state index in [1.807, 2.05) is 20.8 Å². The van der Waals surface area contributed by atoms with Gasteiger partial charge < -0.3 is 5.73 Å². The standard InChI is InChI=1S/C12H15N3OS/c1-7-8(2)10(6-13)12(15-9(7)3)17-5-4-11(14)16/h4-5H2,1-3H3,(H2,14,16). The first-order valence-corrected chi connectivity index (χ1v) is 6.25. The molecule has 0 aromatic carbocycles.